The Kier molecular flexibility index (Phi) is 12.6. The predicted molar refractivity (Wildman–Crippen MR) is 192 cm³/mol. The number of aryl methyl sites for hydroxylation is 1. The molecule has 2 aromatic heterocycles. The van der Waals surface area contributed by atoms with Crippen molar-refractivity contribution in [2.24, 2.45) is 17.6 Å². The first-order chi connectivity index (χ1) is 24.3. The number of halogens is 2. The third kappa shape index (κ3) is 10.2. The standard InChI is InChI=1S/C30H40F2N6O2.C7H8O3S/c1-19(2)29-35-30(40-36-29)37-12-8-21(9-13-37)20(3)11-15-39-23-5-7-28(34-17-23)38-14-10-24(27(33)18-38)25-16-22(31)4-6-26(25)32;1-6-2-4-7(5-3-6)11(8,9)10/h4-7,16-17,19-21,24,27H,8-15,18,33H2,1-3H3;2-5H,1H3,(H,8,9,10)/t20-,24+,27-;/m1./s1. The van der Waals surface area contributed by atoms with Crippen LogP contribution in [0.2, 0.25) is 0 Å². The zero-order valence-electron chi connectivity index (χ0n) is 29.6. The number of ether oxygens (including phenoxy) is 1. The summed E-state index contributed by atoms with van der Waals surface area (Å²) in [7, 11) is -4.02. The molecule has 0 saturated carbocycles. The van der Waals surface area contributed by atoms with Gasteiger partial charge in [0.1, 0.15) is 23.2 Å². The molecule has 51 heavy (non-hydrogen) atoms. The Balaban J connectivity index is 0.000000392. The zero-order chi connectivity index (χ0) is 36.7. The third-order valence-electron chi connectivity index (χ3n) is 9.78. The van der Waals surface area contributed by atoms with Gasteiger partial charge in [0.25, 0.3) is 10.1 Å². The van der Waals surface area contributed by atoms with E-state index in [1.54, 1.807) is 18.3 Å². The maximum absolute atomic E-state index is 14.3. The van der Waals surface area contributed by atoms with Crippen molar-refractivity contribution in [1.29, 1.82) is 0 Å². The largest absolute Gasteiger partial charge is 0.492 e. The van der Waals surface area contributed by atoms with E-state index in [0.717, 1.165) is 61.4 Å². The van der Waals surface area contributed by atoms with Crippen LogP contribution in [-0.4, -0.2) is 66.9 Å². The number of hydrogen-bond acceptors (Lipinski definition) is 10. The van der Waals surface area contributed by atoms with Crippen LogP contribution in [0, 0.1) is 30.4 Å². The molecule has 11 nitrogen and oxygen atoms in total. The normalized spacial score (nSPS) is 19.1. The molecule has 0 radical (unpaired) electrons. The summed E-state index contributed by atoms with van der Waals surface area (Å²) in [6, 6.07) is 13.8. The minimum absolute atomic E-state index is 0.0666. The first kappa shape index (κ1) is 38.1. The summed E-state index contributed by atoms with van der Waals surface area (Å²) in [5, 5.41) is 4.09. The molecule has 2 fully saturated rings. The molecule has 3 N–H and O–H groups in total. The van der Waals surface area contributed by atoms with Crippen molar-refractivity contribution in [3.05, 3.63) is 89.4 Å². The van der Waals surface area contributed by atoms with Crippen LogP contribution in [0.3, 0.4) is 0 Å². The van der Waals surface area contributed by atoms with E-state index in [1.165, 1.54) is 24.3 Å². The summed E-state index contributed by atoms with van der Waals surface area (Å²) in [4.78, 5) is 13.3. The molecule has 3 atom stereocenters. The molecule has 4 aromatic rings. The molecule has 2 aliphatic heterocycles. The van der Waals surface area contributed by atoms with Gasteiger partial charge in [-0.15, -0.1) is 0 Å². The van der Waals surface area contributed by atoms with Crippen LogP contribution in [-0.2, 0) is 10.1 Å². The summed E-state index contributed by atoms with van der Waals surface area (Å²) in [5.74, 6) is 2.69. The fraction of sp³-hybridized carbons (Fsp3) is 0.486. The topological polar surface area (TPSA) is 148 Å². The second kappa shape index (κ2) is 16.9. The molecule has 0 bridgehead atoms. The average Bonchev–Trinajstić information content (AvgIpc) is 3.61. The molecule has 276 valence electrons. The van der Waals surface area contributed by atoms with Crippen LogP contribution in [0.15, 0.2) is 70.2 Å². The number of piperidine rings is 2. The van der Waals surface area contributed by atoms with Crippen LogP contribution in [0.25, 0.3) is 0 Å². The van der Waals surface area contributed by atoms with Gasteiger partial charge in [-0.2, -0.15) is 13.4 Å². The molecule has 0 aliphatic carbocycles. The molecule has 0 spiro atoms. The van der Waals surface area contributed by atoms with Gasteiger partial charge >= 0.3 is 6.01 Å². The molecular weight excluding hydrogens is 679 g/mol. The van der Waals surface area contributed by atoms with Crippen LogP contribution in [0.1, 0.15) is 75.2 Å². The molecule has 2 saturated heterocycles. The number of nitrogens with zero attached hydrogens (tertiary/aromatic N) is 5. The van der Waals surface area contributed by atoms with Gasteiger partial charge in [0.2, 0.25) is 0 Å². The van der Waals surface area contributed by atoms with Crippen molar-refractivity contribution in [2.45, 2.75) is 76.2 Å². The van der Waals surface area contributed by atoms with Crippen LogP contribution in [0.4, 0.5) is 20.6 Å². The maximum Gasteiger partial charge on any atom is 0.324 e. The lowest BCUT2D eigenvalue weighted by atomic mass is 9.84. The van der Waals surface area contributed by atoms with E-state index in [9.17, 15) is 17.2 Å². The van der Waals surface area contributed by atoms with Crippen molar-refractivity contribution in [3.63, 3.8) is 0 Å². The van der Waals surface area contributed by atoms with E-state index >= 15 is 0 Å². The van der Waals surface area contributed by atoms with Gasteiger partial charge in [0, 0.05) is 44.1 Å². The van der Waals surface area contributed by atoms with Gasteiger partial charge < -0.3 is 24.8 Å². The van der Waals surface area contributed by atoms with Gasteiger partial charge in [0.05, 0.1) is 17.7 Å². The van der Waals surface area contributed by atoms with E-state index in [2.05, 4.69) is 45.7 Å². The minimum atomic E-state index is -4.02. The molecular formula is C37H48F2N6O5S. The molecule has 14 heteroatoms. The van der Waals surface area contributed by atoms with Crippen molar-refractivity contribution in [3.8, 4) is 5.75 Å². The van der Waals surface area contributed by atoms with Crippen molar-refractivity contribution in [2.75, 3.05) is 42.6 Å². The first-order valence-corrected chi connectivity index (χ1v) is 18.9. The van der Waals surface area contributed by atoms with Gasteiger partial charge in [-0.05, 0) is 92.5 Å². The van der Waals surface area contributed by atoms with Crippen LogP contribution >= 0.6 is 0 Å². The Hall–Kier alpha value is -4.14. The van der Waals surface area contributed by atoms with E-state index < -0.39 is 21.8 Å². The molecule has 2 aliphatic rings. The number of pyridine rings is 1. The first-order valence-electron chi connectivity index (χ1n) is 17.5. The van der Waals surface area contributed by atoms with Gasteiger partial charge in [-0.1, -0.05) is 43.6 Å². The summed E-state index contributed by atoms with van der Waals surface area (Å²) in [6.07, 6.45) is 5.55. The second-order valence-electron chi connectivity index (χ2n) is 13.8. The van der Waals surface area contributed by atoms with Crippen LogP contribution in [0.5, 0.6) is 5.75 Å². The highest BCUT2D eigenvalue weighted by Crippen LogP contribution is 2.32. The molecule has 6 rings (SSSR count). The third-order valence-corrected chi connectivity index (χ3v) is 10.7. The number of hydrogen-bond donors (Lipinski definition) is 2. The lowest BCUT2D eigenvalue weighted by molar-refractivity contribution is 0.220. The fourth-order valence-corrected chi connectivity index (χ4v) is 7.06. The summed E-state index contributed by atoms with van der Waals surface area (Å²) >= 11 is 0. The SMILES string of the molecule is CC(C)c1noc(N2CCC([C@H](C)CCOc3ccc(N4CC[C@@H](c5cc(F)ccc5F)[C@H](N)C4)nc3)CC2)n1.Cc1ccc(S(=O)(=O)O)cc1. The predicted octanol–water partition coefficient (Wildman–Crippen LogP) is 6.75. The highest BCUT2D eigenvalue weighted by Gasteiger charge is 2.31. The Morgan fingerprint density at radius 3 is 2.31 bits per heavy atom. The van der Waals surface area contributed by atoms with Crippen LogP contribution < -0.4 is 20.3 Å². The molecule has 2 aromatic carbocycles. The summed E-state index contributed by atoms with van der Waals surface area (Å²) < 4.78 is 69.0. The molecule has 0 unspecified atom stereocenters. The van der Waals surface area contributed by atoms with E-state index in [4.69, 9.17) is 19.5 Å². The Morgan fingerprint density at radius 1 is 1.00 bits per heavy atom. The molecule has 0 amide bonds. The lowest BCUT2D eigenvalue weighted by Gasteiger charge is -2.37. The van der Waals surface area contributed by atoms with Crippen molar-refractivity contribution >= 4 is 22.0 Å². The average molecular weight is 727 g/mol. The van der Waals surface area contributed by atoms with Gasteiger partial charge in [0.15, 0.2) is 5.82 Å². The highest BCUT2D eigenvalue weighted by molar-refractivity contribution is 7.85. The lowest BCUT2D eigenvalue weighted by Crippen LogP contribution is -2.48. The van der Waals surface area contributed by atoms with Crippen molar-refractivity contribution in [1.82, 2.24) is 15.1 Å². The smallest absolute Gasteiger partial charge is 0.324 e. The number of rotatable bonds is 10. The summed E-state index contributed by atoms with van der Waals surface area (Å²) in [6.45, 7) is 12.0. The quantitative estimate of drug-likeness (QED) is 0.167. The fourth-order valence-electron chi connectivity index (χ4n) is 6.58. The van der Waals surface area contributed by atoms with E-state index in [0.29, 0.717) is 49.5 Å². The minimum Gasteiger partial charge on any atom is -0.492 e. The Bertz CT molecular complexity index is 1820. The molecule has 4 heterocycles. The van der Waals surface area contributed by atoms with Crippen molar-refractivity contribution < 1.29 is 31.0 Å². The van der Waals surface area contributed by atoms with E-state index in [1.807, 2.05) is 19.1 Å². The zero-order valence-corrected chi connectivity index (χ0v) is 30.4. The number of benzene rings is 2. The van der Waals surface area contributed by atoms with Gasteiger partial charge in [-0.3, -0.25) is 4.55 Å². The highest BCUT2D eigenvalue weighted by atomic mass is 32.2. The second-order valence-corrected chi connectivity index (χ2v) is 15.3. The summed E-state index contributed by atoms with van der Waals surface area (Å²) in [5.41, 5.74) is 7.71. The Labute approximate surface area is 299 Å². The number of anilines is 2. The monoisotopic (exact) mass is 726 g/mol. The Morgan fingerprint density at radius 2 is 1.71 bits per heavy atom. The number of aromatic nitrogens is 3. The number of nitrogens with two attached hydrogens (primary N) is 1. The maximum atomic E-state index is 14.3. The van der Waals surface area contributed by atoms with E-state index in [-0.39, 0.29) is 22.8 Å². The van der Waals surface area contributed by atoms with Gasteiger partial charge in [-0.25, -0.2) is 13.8 Å².